The highest BCUT2D eigenvalue weighted by Gasteiger charge is 2.45. The van der Waals surface area contributed by atoms with E-state index in [2.05, 4.69) is 105 Å². The maximum atomic E-state index is 13.4. The van der Waals surface area contributed by atoms with Gasteiger partial charge in [-0.15, -0.1) is 0 Å². The first-order valence-electron chi connectivity index (χ1n) is 50.5. The van der Waals surface area contributed by atoms with Crippen molar-refractivity contribution in [3.63, 3.8) is 0 Å². The second kappa shape index (κ2) is 56.0. The minimum absolute atomic E-state index is 0.0825. The third-order valence-corrected chi connectivity index (χ3v) is 26.1. The van der Waals surface area contributed by atoms with E-state index in [0.717, 1.165) is 138 Å². The molecule has 784 valence electrons. The minimum atomic E-state index is -0.643. The van der Waals surface area contributed by atoms with Gasteiger partial charge in [-0.3, -0.25) is 9.80 Å². The Morgan fingerprint density at radius 3 is 0.952 bits per heavy atom. The Kier molecular flexibility index (Phi) is 43.4. The number of nitrogens with two attached hydrogens (primary N) is 1. The Hall–Kier alpha value is -11.6. The molecular weight excluding hydrogens is 1850 g/mol. The lowest BCUT2D eigenvalue weighted by molar-refractivity contribution is 0.0564. The number of benzene rings is 6. The molecule has 5 atom stereocenters. The van der Waals surface area contributed by atoms with Crippen LogP contribution in [0.5, 0.6) is 0 Å². The highest BCUT2D eigenvalue weighted by molar-refractivity contribution is 5.87. The summed E-state index contributed by atoms with van der Waals surface area (Å²) in [5, 5.41) is 16.6. The van der Waals surface area contributed by atoms with Crippen molar-refractivity contribution < 1.29 is 81.0 Å². The van der Waals surface area contributed by atoms with Crippen molar-refractivity contribution in [1.82, 2.24) is 34.7 Å². The van der Waals surface area contributed by atoms with Crippen LogP contribution in [0, 0.1) is 0 Å². The normalized spacial score (nSPS) is 19.0. The van der Waals surface area contributed by atoms with Crippen LogP contribution in [0.1, 0.15) is 170 Å². The Morgan fingerprint density at radius 1 is 0.349 bits per heavy atom. The van der Waals surface area contributed by atoms with Gasteiger partial charge in [-0.2, -0.15) is 0 Å². The second-order valence-electron chi connectivity index (χ2n) is 40.6. The summed E-state index contributed by atoms with van der Waals surface area (Å²) in [7, 11) is 15.1. The number of anilines is 5. The number of nitrogens with one attached hydrogen (secondary N) is 2. The number of nitrogen functional groups attached to an aromatic ring is 1. The number of carbonyl (C=O) groups is 2. The average Bonchev–Trinajstić information content (AvgIpc) is 1.78. The molecule has 0 spiro atoms. The van der Waals surface area contributed by atoms with Gasteiger partial charge in [0.15, 0.2) is 0 Å². The SMILES string of the molecule is CCOCC1(c2ccc(N(Cc3ccccc3)C(=O)OC(C)(C)C)nc2COCc2ccccc2)CCOC1.COCC1(c2ccc(N(Cc3ccccc3)C(=O)OC(C)(C)C)nc2COCc2ccccc2)CCOC1.COCC1(c2ccc(N)nc2CN(C)C)CCOC1.COCC1(c2ccc(NCc3ccccc3)nc2CN(C)C)CCOC1.COCC1(c2ccc(NCc3ccccc3)nc2CO)CCOC1. The van der Waals surface area contributed by atoms with E-state index in [9.17, 15) is 14.7 Å². The summed E-state index contributed by atoms with van der Waals surface area (Å²) >= 11 is 0. The van der Waals surface area contributed by atoms with E-state index in [1.807, 2.05) is 245 Å². The maximum Gasteiger partial charge on any atom is 0.416 e. The summed E-state index contributed by atoms with van der Waals surface area (Å²) in [6.45, 7) is 28.5. The zero-order valence-electron chi connectivity index (χ0n) is 88.3. The standard InChI is InChI=1S/C32H40N2O5.C31H38N2O5.C21H29N3O2.C19H24N2O3.C14H23N3O2/c1-5-36-23-32(18-19-37-24-32)27-16-17-29(33-28(27)22-38-21-26-14-10-7-11-15-26)34(30(35)39-31(2,3)4)20-25-12-8-6-9-13-25;1-30(2,3)38-29(34)33(19-24-11-7-5-8-12-24)28-16-15-26(31(22-35-4)17-18-36-23-31)27(32-28)21-37-20-25-13-9-6-10-14-25;1-24(2)14-19-18(21(15-25-3)11-12-26-16-21)9-10-20(23-19)22-13-17-7-5-4-6-8-17;1-23-13-19(9-10-24-14-19)16-7-8-18(21-17(16)12-22)20-11-15-5-3-2-4-6-15;1-17(2)8-12-11(4-5-13(15)16-12)14(9-18-3)6-7-19-10-14/h6-17H,5,18-24H2,1-4H3;5-16H,17-23H2,1-4H3;4-10H,11-16H2,1-3H3,(H,22,23);2-8,22H,9-14H2,1H3,(H,20,21);4-5H,6-10H2,1-3H3,(H2,15,16). The zero-order valence-corrected chi connectivity index (χ0v) is 88.3. The second-order valence-corrected chi connectivity index (χ2v) is 40.6. The summed E-state index contributed by atoms with van der Waals surface area (Å²) in [6.07, 6.45) is 3.58. The molecule has 0 radical (unpaired) electrons. The van der Waals surface area contributed by atoms with E-state index < -0.39 is 23.4 Å². The van der Waals surface area contributed by atoms with Gasteiger partial charge in [0.1, 0.15) is 40.3 Å². The highest BCUT2D eigenvalue weighted by atomic mass is 16.6. The van der Waals surface area contributed by atoms with Gasteiger partial charge in [0.2, 0.25) is 0 Å². The molecule has 5 N–H and O–H groups in total. The maximum absolute atomic E-state index is 13.4. The van der Waals surface area contributed by atoms with Gasteiger partial charge in [-0.1, -0.05) is 212 Å². The number of carbonyl (C=O) groups excluding carboxylic acids is 2. The van der Waals surface area contributed by atoms with E-state index in [1.165, 1.54) is 22.3 Å². The number of rotatable bonds is 41. The molecule has 0 saturated carbocycles. The number of nitrogens with zero attached hydrogens (tertiary/aromatic N) is 9. The Balaban J connectivity index is 0.000000166. The van der Waals surface area contributed by atoms with Crippen LogP contribution in [0.15, 0.2) is 243 Å². The third-order valence-electron chi connectivity index (χ3n) is 26.1. The Bertz CT molecular complexity index is 5720. The predicted molar refractivity (Wildman–Crippen MR) is 571 cm³/mol. The fraction of sp³-hybridized carbons (Fsp3) is 0.462. The van der Waals surface area contributed by atoms with Crippen LogP contribution in [0.4, 0.5) is 38.7 Å². The van der Waals surface area contributed by atoms with Crippen molar-refractivity contribution in [3.8, 4) is 0 Å². The van der Waals surface area contributed by atoms with Crippen molar-refractivity contribution >= 4 is 41.3 Å². The number of hydrogen-bond donors (Lipinski definition) is 4. The van der Waals surface area contributed by atoms with Gasteiger partial charge >= 0.3 is 12.2 Å². The van der Waals surface area contributed by atoms with Gasteiger partial charge in [0, 0.05) is 121 Å². The van der Waals surface area contributed by atoms with Crippen molar-refractivity contribution in [2.24, 2.45) is 0 Å². The molecule has 5 aromatic heterocycles. The molecule has 5 saturated heterocycles. The van der Waals surface area contributed by atoms with Crippen LogP contribution in [-0.4, -0.2) is 226 Å². The number of ether oxygens (including phenoxy) is 14. The number of methoxy groups -OCH3 is 4. The molecule has 5 aliphatic heterocycles. The fourth-order valence-electron chi connectivity index (χ4n) is 19.0. The quantitative estimate of drug-likeness (QED) is 0.0277. The van der Waals surface area contributed by atoms with Crippen LogP contribution in [-0.2, 0) is 166 Å². The zero-order chi connectivity index (χ0) is 104. The molecule has 11 aromatic rings. The number of amides is 2. The molecule has 5 fully saturated rings. The molecule has 29 heteroatoms. The summed E-state index contributed by atoms with van der Waals surface area (Å²) in [6, 6.07) is 80.4. The highest BCUT2D eigenvalue weighted by Crippen LogP contribution is 2.43. The first-order valence-corrected chi connectivity index (χ1v) is 50.5. The van der Waals surface area contributed by atoms with E-state index in [-0.39, 0.29) is 40.3 Å². The van der Waals surface area contributed by atoms with Crippen LogP contribution in [0.3, 0.4) is 0 Å². The fourth-order valence-corrected chi connectivity index (χ4v) is 19.0. The van der Waals surface area contributed by atoms with Gasteiger partial charge in [0.05, 0.1) is 141 Å². The van der Waals surface area contributed by atoms with Crippen molar-refractivity contribution in [1.29, 1.82) is 0 Å². The predicted octanol–water partition coefficient (Wildman–Crippen LogP) is 19.1. The van der Waals surface area contributed by atoms with Crippen molar-refractivity contribution in [2.75, 3.05) is 189 Å². The van der Waals surface area contributed by atoms with E-state index >= 15 is 0 Å². The smallest absolute Gasteiger partial charge is 0.416 e. The number of aliphatic hydroxyl groups is 1. The first kappa shape index (κ1) is 113. The molecule has 0 aliphatic carbocycles. The van der Waals surface area contributed by atoms with Gasteiger partial charge in [-0.05, 0) is 200 Å². The van der Waals surface area contributed by atoms with Gasteiger partial charge in [0.25, 0.3) is 0 Å². The minimum Gasteiger partial charge on any atom is -0.443 e. The lowest BCUT2D eigenvalue weighted by Gasteiger charge is -2.31. The number of aliphatic hydroxyl groups excluding tert-OH is 1. The van der Waals surface area contributed by atoms with Crippen LogP contribution in [0.25, 0.3) is 0 Å². The molecule has 146 heavy (non-hydrogen) atoms. The van der Waals surface area contributed by atoms with Gasteiger partial charge in [-0.25, -0.2) is 34.5 Å². The number of aromatic nitrogens is 5. The van der Waals surface area contributed by atoms with Crippen molar-refractivity contribution in [2.45, 2.75) is 191 Å². The lowest BCUT2D eigenvalue weighted by atomic mass is 9.79. The topological polar surface area (TPSA) is 311 Å². The monoisotopic (exact) mass is 2000 g/mol. The molecule has 5 aliphatic rings. The van der Waals surface area contributed by atoms with Crippen LogP contribution < -0.4 is 26.2 Å². The largest absolute Gasteiger partial charge is 0.443 e. The molecule has 2 amide bonds. The molecule has 16 rings (SSSR count). The summed E-state index contributed by atoms with van der Waals surface area (Å²) in [5.41, 5.74) is 20.0. The van der Waals surface area contributed by atoms with Gasteiger partial charge < -0.3 is 97.6 Å². The summed E-state index contributed by atoms with van der Waals surface area (Å²) in [5.74, 6) is 3.25. The molecule has 5 unspecified atom stereocenters. The Labute approximate surface area is 864 Å². The molecular formula is C117H154N12O17. The molecule has 29 nitrogen and oxygen atoms in total. The average molecular weight is 2000 g/mol. The van der Waals surface area contributed by atoms with E-state index in [4.69, 9.17) is 87.0 Å². The summed E-state index contributed by atoms with van der Waals surface area (Å²) < 4.78 is 80.4. The van der Waals surface area contributed by atoms with E-state index in [0.29, 0.717) is 155 Å². The molecule has 0 bridgehead atoms. The Morgan fingerprint density at radius 2 is 0.644 bits per heavy atom. The van der Waals surface area contributed by atoms with Crippen molar-refractivity contribution in [3.05, 3.63) is 332 Å². The van der Waals surface area contributed by atoms with E-state index in [1.54, 1.807) is 38.2 Å². The number of hydrogen-bond acceptors (Lipinski definition) is 27. The third kappa shape index (κ3) is 33.0. The van der Waals surface area contributed by atoms with Crippen LogP contribution in [0.2, 0.25) is 0 Å². The molecule has 6 aromatic carbocycles. The first-order chi connectivity index (χ1) is 70.6. The lowest BCUT2D eigenvalue weighted by Crippen LogP contribution is -2.38. The molecule has 10 heterocycles. The van der Waals surface area contributed by atoms with Crippen LogP contribution >= 0.6 is 0 Å². The summed E-state index contributed by atoms with van der Waals surface area (Å²) in [4.78, 5) is 58.3. The number of pyridine rings is 5.